The number of benzene rings is 1. The predicted octanol–water partition coefficient (Wildman–Crippen LogP) is 3.30. The van der Waals surface area contributed by atoms with Gasteiger partial charge in [-0.25, -0.2) is 9.97 Å². The van der Waals surface area contributed by atoms with Gasteiger partial charge in [0.1, 0.15) is 17.8 Å². The number of pyridine rings is 1. The first-order chi connectivity index (χ1) is 12.2. The molecule has 0 aliphatic heterocycles. The van der Waals surface area contributed by atoms with E-state index in [1.807, 2.05) is 36.4 Å². The topological polar surface area (TPSA) is 79.8 Å². The summed E-state index contributed by atoms with van der Waals surface area (Å²) in [5.41, 5.74) is 3.30. The predicted molar refractivity (Wildman–Crippen MR) is 97.4 cm³/mol. The molecule has 0 unspecified atom stereocenters. The normalized spacial score (nSPS) is 10.3. The second-order valence-corrected chi connectivity index (χ2v) is 5.51. The van der Waals surface area contributed by atoms with Gasteiger partial charge in [0, 0.05) is 30.7 Å². The second kappa shape index (κ2) is 8.01. The third-order valence-electron chi connectivity index (χ3n) is 3.72. The summed E-state index contributed by atoms with van der Waals surface area (Å²) in [6.45, 7) is 2.67. The number of carbonyl (C=O) groups is 1. The fraction of sp³-hybridized carbons (Fsp3) is 0.158. The van der Waals surface area contributed by atoms with Gasteiger partial charge in [-0.3, -0.25) is 9.78 Å². The highest BCUT2D eigenvalue weighted by Crippen LogP contribution is 2.12. The van der Waals surface area contributed by atoms with Crippen LogP contribution >= 0.6 is 0 Å². The summed E-state index contributed by atoms with van der Waals surface area (Å²) in [6, 6.07) is 13.2. The quantitative estimate of drug-likeness (QED) is 0.723. The maximum absolute atomic E-state index is 12.4. The van der Waals surface area contributed by atoms with E-state index in [0.717, 1.165) is 17.7 Å². The lowest BCUT2D eigenvalue weighted by atomic mass is 10.1. The zero-order valence-electron chi connectivity index (χ0n) is 13.9. The average molecular weight is 333 g/mol. The van der Waals surface area contributed by atoms with Crippen LogP contribution in [-0.4, -0.2) is 20.9 Å². The average Bonchev–Trinajstić information content (AvgIpc) is 2.68. The minimum Gasteiger partial charge on any atom is -0.366 e. The molecule has 2 heterocycles. The van der Waals surface area contributed by atoms with E-state index in [0.29, 0.717) is 18.1 Å². The molecule has 0 radical (unpaired) electrons. The van der Waals surface area contributed by atoms with Crippen LogP contribution < -0.4 is 10.6 Å². The Morgan fingerprint density at radius 2 is 1.92 bits per heavy atom. The Bertz CT molecular complexity index is 834. The molecule has 1 aromatic carbocycles. The molecule has 3 aromatic rings. The third-order valence-corrected chi connectivity index (χ3v) is 3.72. The van der Waals surface area contributed by atoms with Crippen molar-refractivity contribution in [2.75, 3.05) is 10.6 Å². The molecular weight excluding hydrogens is 314 g/mol. The van der Waals surface area contributed by atoms with E-state index in [4.69, 9.17) is 0 Å². The van der Waals surface area contributed by atoms with Gasteiger partial charge in [0.25, 0.3) is 5.91 Å². The van der Waals surface area contributed by atoms with Crippen molar-refractivity contribution in [1.82, 2.24) is 15.0 Å². The van der Waals surface area contributed by atoms with E-state index < -0.39 is 0 Å². The molecule has 6 heteroatoms. The highest BCUT2D eigenvalue weighted by atomic mass is 16.1. The van der Waals surface area contributed by atoms with Crippen LogP contribution in [0.15, 0.2) is 61.2 Å². The summed E-state index contributed by atoms with van der Waals surface area (Å²) in [4.78, 5) is 24.6. The van der Waals surface area contributed by atoms with Gasteiger partial charge in [-0.15, -0.1) is 0 Å². The summed E-state index contributed by atoms with van der Waals surface area (Å²) in [6.07, 6.45) is 5.85. The van der Waals surface area contributed by atoms with Crippen molar-refractivity contribution in [3.8, 4) is 0 Å². The van der Waals surface area contributed by atoms with E-state index in [-0.39, 0.29) is 5.91 Å². The zero-order valence-corrected chi connectivity index (χ0v) is 13.9. The van der Waals surface area contributed by atoms with Crippen LogP contribution in [0.4, 0.5) is 11.5 Å². The van der Waals surface area contributed by atoms with Crippen molar-refractivity contribution in [2.45, 2.75) is 19.9 Å². The molecular formula is C19H19N5O. The molecule has 0 saturated heterocycles. The van der Waals surface area contributed by atoms with Crippen LogP contribution in [0.1, 0.15) is 28.5 Å². The molecule has 0 aliphatic rings. The van der Waals surface area contributed by atoms with Gasteiger partial charge in [0.05, 0.1) is 0 Å². The number of carbonyl (C=O) groups excluding carboxylic acids is 1. The Hall–Kier alpha value is -3.28. The van der Waals surface area contributed by atoms with Crippen molar-refractivity contribution < 1.29 is 4.79 Å². The zero-order chi connectivity index (χ0) is 17.5. The first-order valence-electron chi connectivity index (χ1n) is 8.09. The monoisotopic (exact) mass is 333 g/mol. The lowest BCUT2D eigenvalue weighted by Crippen LogP contribution is -2.14. The van der Waals surface area contributed by atoms with Crippen molar-refractivity contribution >= 4 is 17.4 Å². The van der Waals surface area contributed by atoms with Crippen LogP contribution in [0, 0.1) is 0 Å². The Morgan fingerprint density at radius 1 is 1.08 bits per heavy atom. The Balaban J connectivity index is 1.64. The first-order valence-corrected chi connectivity index (χ1v) is 8.09. The molecule has 6 nitrogen and oxygen atoms in total. The number of rotatable bonds is 6. The number of amides is 1. The smallest absolute Gasteiger partial charge is 0.274 e. The molecule has 1 amide bonds. The Morgan fingerprint density at radius 3 is 2.64 bits per heavy atom. The van der Waals surface area contributed by atoms with Crippen LogP contribution in [0.2, 0.25) is 0 Å². The van der Waals surface area contributed by atoms with Gasteiger partial charge >= 0.3 is 0 Å². The molecule has 126 valence electrons. The number of anilines is 2. The SMILES string of the molecule is CCc1ccc(NC(=O)c2cc(NCc3cccnc3)ncn2)cc1. The highest BCUT2D eigenvalue weighted by Gasteiger charge is 2.09. The molecule has 0 bridgehead atoms. The highest BCUT2D eigenvalue weighted by molar-refractivity contribution is 6.03. The van der Waals surface area contributed by atoms with Crippen LogP contribution in [0.3, 0.4) is 0 Å². The molecule has 0 atom stereocenters. The molecule has 3 rings (SSSR count). The molecule has 25 heavy (non-hydrogen) atoms. The Kier molecular flexibility index (Phi) is 5.31. The molecule has 0 spiro atoms. The first kappa shape index (κ1) is 16.6. The summed E-state index contributed by atoms with van der Waals surface area (Å²) < 4.78 is 0. The van der Waals surface area contributed by atoms with Crippen LogP contribution in [0.25, 0.3) is 0 Å². The van der Waals surface area contributed by atoms with Crippen LogP contribution in [-0.2, 0) is 13.0 Å². The lowest BCUT2D eigenvalue weighted by Gasteiger charge is -2.08. The van der Waals surface area contributed by atoms with Gasteiger partial charge in [-0.2, -0.15) is 0 Å². The van der Waals surface area contributed by atoms with E-state index in [2.05, 4.69) is 32.5 Å². The molecule has 2 aromatic heterocycles. The molecule has 0 aliphatic carbocycles. The number of aromatic nitrogens is 3. The van der Waals surface area contributed by atoms with Crippen molar-refractivity contribution in [2.24, 2.45) is 0 Å². The van der Waals surface area contributed by atoms with Crippen molar-refractivity contribution in [3.05, 3.63) is 78.0 Å². The van der Waals surface area contributed by atoms with E-state index in [1.54, 1.807) is 18.5 Å². The summed E-state index contributed by atoms with van der Waals surface area (Å²) in [5.74, 6) is 0.321. The molecule has 0 fully saturated rings. The number of nitrogens with one attached hydrogen (secondary N) is 2. The van der Waals surface area contributed by atoms with Crippen molar-refractivity contribution in [1.29, 1.82) is 0 Å². The van der Waals surface area contributed by atoms with E-state index in [1.165, 1.54) is 11.9 Å². The summed E-state index contributed by atoms with van der Waals surface area (Å²) >= 11 is 0. The summed E-state index contributed by atoms with van der Waals surface area (Å²) in [5, 5.41) is 6.01. The minimum absolute atomic E-state index is 0.268. The molecule has 0 saturated carbocycles. The maximum atomic E-state index is 12.4. The van der Waals surface area contributed by atoms with E-state index >= 15 is 0 Å². The second-order valence-electron chi connectivity index (χ2n) is 5.51. The third kappa shape index (κ3) is 4.60. The van der Waals surface area contributed by atoms with Gasteiger partial charge in [0.15, 0.2) is 0 Å². The van der Waals surface area contributed by atoms with Crippen molar-refractivity contribution in [3.63, 3.8) is 0 Å². The molecule has 2 N–H and O–H groups in total. The fourth-order valence-corrected chi connectivity index (χ4v) is 2.29. The number of nitrogens with zero attached hydrogens (tertiary/aromatic N) is 3. The Labute approximate surface area is 146 Å². The van der Waals surface area contributed by atoms with Gasteiger partial charge in [0.2, 0.25) is 0 Å². The van der Waals surface area contributed by atoms with Crippen LogP contribution in [0.5, 0.6) is 0 Å². The number of hydrogen-bond donors (Lipinski definition) is 2. The largest absolute Gasteiger partial charge is 0.366 e. The maximum Gasteiger partial charge on any atom is 0.274 e. The van der Waals surface area contributed by atoms with Gasteiger partial charge < -0.3 is 10.6 Å². The fourth-order valence-electron chi connectivity index (χ4n) is 2.29. The summed E-state index contributed by atoms with van der Waals surface area (Å²) in [7, 11) is 0. The lowest BCUT2D eigenvalue weighted by molar-refractivity contribution is 0.102. The standard InChI is InChI=1S/C19H19N5O/c1-2-14-5-7-16(8-6-14)24-19(25)17-10-18(23-13-22-17)21-12-15-4-3-9-20-11-15/h3-11,13H,2,12H2,1H3,(H,24,25)(H,21,22,23). The number of hydrogen-bond acceptors (Lipinski definition) is 5. The van der Waals surface area contributed by atoms with Gasteiger partial charge in [-0.1, -0.05) is 25.1 Å². The van der Waals surface area contributed by atoms with Gasteiger partial charge in [-0.05, 0) is 35.7 Å². The minimum atomic E-state index is -0.268. The number of aryl methyl sites for hydroxylation is 1. The van der Waals surface area contributed by atoms with E-state index in [9.17, 15) is 4.79 Å².